The number of hydrogen-bond acceptors (Lipinski definition) is 4. The molecule has 0 unspecified atom stereocenters. The van der Waals surface area contributed by atoms with Crippen LogP contribution >= 0.6 is 11.3 Å². The molecule has 0 atom stereocenters. The fraction of sp³-hybridized carbons (Fsp3) is 0.389. The first-order valence-corrected chi connectivity index (χ1v) is 8.99. The molecule has 5 nitrogen and oxygen atoms in total. The van der Waals surface area contributed by atoms with Crippen molar-refractivity contribution in [3.05, 3.63) is 46.2 Å². The van der Waals surface area contributed by atoms with E-state index >= 15 is 0 Å². The van der Waals surface area contributed by atoms with E-state index in [9.17, 15) is 4.79 Å². The van der Waals surface area contributed by atoms with Gasteiger partial charge in [0, 0.05) is 37.9 Å². The van der Waals surface area contributed by atoms with Gasteiger partial charge >= 0.3 is 0 Å². The summed E-state index contributed by atoms with van der Waals surface area (Å²) in [6.07, 6.45) is 1.35. The number of thiazole rings is 1. The van der Waals surface area contributed by atoms with Crippen LogP contribution in [0.1, 0.15) is 22.8 Å². The van der Waals surface area contributed by atoms with Crippen molar-refractivity contribution in [2.24, 2.45) is 0 Å². The number of aromatic nitrogens is 3. The van der Waals surface area contributed by atoms with Crippen LogP contribution in [-0.2, 0) is 17.8 Å². The van der Waals surface area contributed by atoms with Gasteiger partial charge in [-0.3, -0.25) is 4.79 Å². The zero-order valence-corrected chi connectivity index (χ0v) is 15.1. The van der Waals surface area contributed by atoms with Gasteiger partial charge in [-0.2, -0.15) is 0 Å². The second-order valence-corrected chi connectivity index (χ2v) is 6.91. The Balaban J connectivity index is 1.58. The van der Waals surface area contributed by atoms with Gasteiger partial charge in [-0.25, -0.2) is 9.97 Å². The van der Waals surface area contributed by atoms with E-state index < -0.39 is 0 Å². The van der Waals surface area contributed by atoms with Crippen LogP contribution in [0.4, 0.5) is 0 Å². The van der Waals surface area contributed by atoms with Crippen molar-refractivity contribution in [3.63, 3.8) is 0 Å². The molecular weight excluding hydrogens is 320 g/mol. The monoisotopic (exact) mass is 342 g/mol. The average Bonchev–Trinajstić information content (AvgIpc) is 3.12. The molecule has 24 heavy (non-hydrogen) atoms. The topological polar surface area (TPSA) is 51.0 Å². The van der Waals surface area contributed by atoms with E-state index in [4.69, 9.17) is 0 Å². The summed E-state index contributed by atoms with van der Waals surface area (Å²) in [5, 5.41) is 0. The molecule has 3 rings (SSSR count). The molecule has 0 bridgehead atoms. The lowest BCUT2D eigenvalue weighted by atomic mass is 10.2. The third kappa shape index (κ3) is 3.48. The highest BCUT2D eigenvalue weighted by Crippen LogP contribution is 2.16. The molecule has 0 radical (unpaired) electrons. The number of likely N-dealkylation sites (N-methyl/N-ethyl adjacent to an activating group) is 1. The molecule has 2 aromatic heterocycles. The maximum absolute atomic E-state index is 12.4. The quantitative estimate of drug-likeness (QED) is 0.691. The standard InChI is InChI=1S/C18H22N4OS/c1-13-17(24-12-19-13)8-10-21(3)18(23)9-11-22-14(2)20-15-6-4-5-7-16(15)22/h4-7,12H,8-11H2,1-3H3. The lowest BCUT2D eigenvalue weighted by Gasteiger charge is -2.17. The summed E-state index contributed by atoms with van der Waals surface area (Å²) in [5.74, 6) is 1.11. The maximum Gasteiger partial charge on any atom is 0.224 e. The third-order valence-electron chi connectivity index (χ3n) is 4.34. The molecule has 1 aromatic carbocycles. The molecular formula is C18H22N4OS. The summed E-state index contributed by atoms with van der Waals surface area (Å²) < 4.78 is 2.12. The maximum atomic E-state index is 12.4. The molecule has 0 aliphatic carbocycles. The van der Waals surface area contributed by atoms with Gasteiger partial charge in [0.2, 0.25) is 5.91 Å². The normalized spacial score (nSPS) is 11.1. The summed E-state index contributed by atoms with van der Waals surface area (Å²) in [4.78, 5) is 24.3. The van der Waals surface area contributed by atoms with Crippen LogP contribution in [0.2, 0.25) is 0 Å². The van der Waals surface area contributed by atoms with Gasteiger partial charge in [0.25, 0.3) is 0 Å². The molecule has 6 heteroatoms. The first kappa shape index (κ1) is 16.6. The van der Waals surface area contributed by atoms with Crippen LogP contribution in [0, 0.1) is 13.8 Å². The number of carbonyl (C=O) groups is 1. The fourth-order valence-electron chi connectivity index (χ4n) is 2.84. The van der Waals surface area contributed by atoms with Crippen LogP contribution in [0.3, 0.4) is 0 Å². The highest BCUT2D eigenvalue weighted by molar-refractivity contribution is 7.09. The molecule has 3 aromatic rings. The van der Waals surface area contributed by atoms with E-state index in [1.165, 1.54) is 4.88 Å². The Morgan fingerprint density at radius 3 is 2.83 bits per heavy atom. The van der Waals surface area contributed by atoms with Gasteiger partial charge in [-0.05, 0) is 26.0 Å². The Bertz CT molecular complexity index is 852. The summed E-state index contributed by atoms with van der Waals surface area (Å²) in [5.41, 5.74) is 5.00. The number of hydrogen-bond donors (Lipinski definition) is 0. The molecule has 2 heterocycles. The van der Waals surface area contributed by atoms with Crippen molar-refractivity contribution in [2.75, 3.05) is 13.6 Å². The van der Waals surface area contributed by atoms with Crippen LogP contribution in [0.5, 0.6) is 0 Å². The van der Waals surface area contributed by atoms with E-state index in [2.05, 4.69) is 20.6 Å². The molecule has 126 valence electrons. The second kappa shape index (κ2) is 7.13. The SMILES string of the molecule is Cc1ncsc1CCN(C)C(=O)CCn1c(C)nc2ccccc21. The molecule has 0 N–H and O–H groups in total. The number of amides is 1. The highest BCUT2D eigenvalue weighted by atomic mass is 32.1. The van der Waals surface area contributed by atoms with E-state index in [0.29, 0.717) is 13.0 Å². The molecule has 0 saturated heterocycles. The predicted molar refractivity (Wildman–Crippen MR) is 97.3 cm³/mol. The Morgan fingerprint density at radius 2 is 2.08 bits per heavy atom. The van der Waals surface area contributed by atoms with Crippen LogP contribution < -0.4 is 0 Å². The molecule has 1 amide bonds. The molecule has 0 spiro atoms. The smallest absolute Gasteiger partial charge is 0.224 e. The number of nitrogens with zero attached hydrogens (tertiary/aromatic N) is 4. The van der Waals surface area contributed by atoms with Crippen molar-refractivity contribution >= 4 is 28.3 Å². The fourth-order valence-corrected chi connectivity index (χ4v) is 3.61. The lowest BCUT2D eigenvalue weighted by molar-refractivity contribution is -0.130. The molecule has 0 aliphatic rings. The van der Waals surface area contributed by atoms with Gasteiger partial charge in [-0.15, -0.1) is 11.3 Å². The number of rotatable bonds is 6. The summed E-state index contributed by atoms with van der Waals surface area (Å²) in [6.45, 7) is 5.39. The van der Waals surface area contributed by atoms with Crippen molar-refractivity contribution < 1.29 is 4.79 Å². The van der Waals surface area contributed by atoms with Crippen LogP contribution in [0.15, 0.2) is 29.8 Å². The largest absolute Gasteiger partial charge is 0.345 e. The van der Waals surface area contributed by atoms with Crippen molar-refractivity contribution in [3.8, 4) is 0 Å². The van der Waals surface area contributed by atoms with Crippen molar-refractivity contribution in [1.82, 2.24) is 19.4 Å². The van der Waals surface area contributed by atoms with Crippen molar-refractivity contribution in [2.45, 2.75) is 33.2 Å². The Kier molecular flexibility index (Phi) is 4.94. The number of aryl methyl sites for hydroxylation is 3. The van der Waals surface area contributed by atoms with E-state index in [1.54, 1.807) is 11.3 Å². The average molecular weight is 342 g/mol. The first-order valence-electron chi connectivity index (χ1n) is 8.11. The first-order chi connectivity index (χ1) is 11.6. The Morgan fingerprint density at radius 1 is 1.29 bits per heavy atom. The second-order valence-electron chi connectivity index (χ2n) is 5.98. The van der Waals surface area contributed by atoms with Gasteiger partial charge in [-0.1, -0.05) is 12.1 Å². The van der Waals surface area contributed by atoms with E-state index in [-0.39, 0.29) is 5.91 Å². The zero-order valence-electron chi connectivity index (χ0n) is 14.3. The number of benzene rings is 1. The highest BCUT2D eigenvalue weighted by Gasteiger charge is 2.13. The predicted octanol–water partition coefficient (Wildman–Crippen LogP) is 3.20. The summed E-state index contributed by atoms with van der Waals surface area (Å²) in [7, 11) is 1.87. The molecule has 0 aliphatic heterocycles. The Labute approximate surface area is 146 Å². The van der Waals surface area contributed by atoms with Gasteiger partial charge in [0.05, 0.1) is 22.2 Å². The number of para-hydroxylation sites is 2. The van der Waals surface area contributed by atoms with E-state index in [0.717, 1.165) is 35.5 Å². The van der Waals surface area contributed by atoms with Gasteiger partial charge < -0.3 is 9.47 Å². The summed E-state index contributed by atoms with van der Waals surface area (Å²) >= 11 is 1.66. The van der Waals surface area contributed by atoms with E-state index in [1.807, 2.05) is 49.5 Å². The number of carbonyl (C=O) groups excluding carboxylic acids is 1. The number of fused-ring (bicyclic) bond motifs is 1. The third-order valence-corrected chi connectivity index (χ3v) is 5.33. The van der Waals surface area contributed by atoms with Gasteiger partial charge in [0.15, 0.2) is 0 Å². The van der Waals surface area contributed by atoms with Gasteiger partial charge in [0.1, 0.15) is 5.82 Å². The van der Waals surface area contributed by atoms with Crippen LogP contribution in [0.25, 0.3) is 11.0 Å². The van der Waals surface area contributed by atoms with Crippen LogP contribution in [-0.4, -0.2) is 38.9 Å². The summed E-state index contributed by atoms with van der Waals surface area (Å²) in [6, 6.07) is 8.05. The minimum absolute atomic E-state index is 0.161. The molecule has 0 fully saturated rings. The molecule has 0 saturated carbocycles. The minimum atomic E-state index is 0.161. The zero-order chi connectivity index (χ0) is 17.1. The Hall–Kier alpha value is -2.21. The number of imidazole rings is 1. The lowest BCUT2D eigenvalue weighted by Crippen LogP contribution is -2.29. The van der Waals surface area contributed by atoms with Crippen molar-refractivity contribution in [1.29, 1.82) is 0 Å². The minimum Gasteiger partial charge on any atom is -0.345 e.